The van der Waals surface area contributed by atoms with Gasteiger partial charge < -0.3 is 10.1 Å². The number of aromatic nitrogens is 4. The first kappa shape index (κ1) is 13.7. The zero-order valence-electron chi connectivity index (χ0n) is 12.3. The highest BCUT2D eigenvalue weighted by molar-refractivity contribution is 5.64. The summed E-state index contributed by atoms with van der Waals surface area (Å²) in [5.74, 6) is 1.00. The Morgan fingerprint density at radius 2 is 2.30 bits per heavy atom. The van der Waals surface area contributed by atoms with Crippen molar-refractivity contribution in [1.82, 2.24) is 19.6 Å². The lowest BCUT2D eigenvalue weighted by Crippen LogP contribution is -2.10. The van der Waals surface area contributed by atoms with Crippen LogP contribution in [0.5, 0.6) is 5.75 Å². The summed E-state index contributed by atoms with van der Waals surface area (Å²) in [7, 11) is 0. The minimum atomic E-state index is -0.251. The molecule has 23 heavy (non-hydrogen) atoms. The third-order valence-corrected chi connectivity index (χ3v) is 3.92. The number of benzene rings is 1. The first-order valence-corrected chi connectivity index (χ1v) is 7.26. The molecule has 1 aliphatic rings. The number of hydrogen-bond acceptors (Lipinski definition) is 5. The summed E-state index contributed by atoms with van der Waals surface area (Å²) in [5, 5.41) is 7.28. The van der Waals surface area contributed by atoms with E-state index in [9.17, 15) is 4.39 Å². The molecule has 0 bridgehead atoms. The van der Waals surface area contributed by atoms with E-state index in [4.69, 9.17) is 4.74 Å². The minimum Gasteiger partial charge on any atom is -0.493 e. The molecule has 3 aromatic rings. The predicted molar refractivity (Wildman–Crippen MR) is 83.8 cm³/mol. The first-order valence-electron chi connectivity index (χ1n) is 7.26. The average Bonchev–Trinajstić information content (AvgIpc) is 3.22. The number of ether oxygens (including phenoxy) is 1. The maximum Gasteiger partial charge on any atom is 0.226 e. The van der Waals surface area contributed by atoms with E-state index in [1.807, 2.05) is 0 Å². The van der Waals surface area contributed by atoms with E-state index in [1.165, 1.54) is 12.4 Å². The van der Waals surface area contributed by atoms with E-state index >= 15 is 0 Å². The number of nitrogens with zero attached hydrogens (tertiary/aromatic N) is 4. The van der Waals surface area contributed by atoms with Gasteiger partial charge in [0.15, 0.2) is 5.65 Å². The molecule has 0 unspecified atom stereocenters. The van der Waals surface area contributed by atoms with Crippen LogP contribution < -0.4 is 10.1 Å². The van der Waals surface area contributed by atoms with Crippen LogP contribution in [0, 0.1) is 5.82 Å². The number of nitrogens with one attached hydrogen (secondary N) is 1. The van der Waals surface area contributed by atoms with Gasteiger partial charge in [0.05, 0.1) is 6.61 Å². The number of hydrogen-bond donors (Lipinski definition) is 1. The average molecular weight is 311 g/mol. The highest BCUT2D eigenvalue weighted by Gasteiger charge is 2.19. The molecule has 0 aliphatic carbocycles. The number of rotatable bonds is 4. The smallest absolute Gasteiger partial charge is 0.226 e. The normalized spacial score (nSPS) is 12.9. The highest BCUT2D eigenvalue weighted by atomic mass is 19.1. The third-order valence-electron chi connectivity index (χ3n) is 3.92. The Morgan fingerprint density at radius 3 is 3.17 bits per heavy atom. The summed E-state index contributed by atoms with van der Waals surface area (Å²) in [5.41, 5.74) is 2.95. The molecule has 116 valence electrons. The summed E-state index contributed by atoms with van der Waals surface area (Å²) in [6, 6.07) is 3.11. The molecule has 0 spiro atoms. The zero-order chi connectivity index (χ0) is 15.8. The lowest BCUT2D eigenvalue weighted by atomic mass is 10.0. The molecule has 4 rings (SSSR count). The summed E-state index contributed by atoms with van der Waals surface area (Å²) in [6.07, 6.45) is 5.49. The standard InChI is InChI=1S/C16H14FN5O/c1-2-10-7-18-16(22-15(10)20-9-21-22)19-8-12-11-5-6-23-14(11)4-3-13(12)17/h2-4,7,9H,1,5-6,8H2,(H,18,19). The maximum atomic E-state index is 14.2. The number of fused-ring (bicyclic) bond motifs is 2. The Bertz CT molecular complexity index is 905. The fourth-order valence-electron chi connectivity index (χ4n) is 2.77. The molecule has 0 radical (unpaired) electrons. The van der Waals surface area contributed by atoms with Gasteiger partial charge in [0.1, 0.15) is 17.9 Å². The van der Waals surface area contributed by atoms with Crippen molar-refractivity contribution in [2.24, 2.45) is 0 Å². The molecule has 0 saturated carbocycles. The monoisotopic (exact) mass is 311 g/mol. The fourth-order valence-corrected chi connectivity index (χ4v) is 2.77. The second-order valence-electron chi connectivity index (χ2n) is 5.19. The molecule has 2 aromatic heterocycles. The van der Waals surface area contributed by atoms with Crippen molar-refractivity contribution in [3.63, 3.8) is 0 Å². The second-order valence-corrected chi connectivity index (χ2v) is 5.19. The molecule has 1 aromatic carbocycles. The van der Waals surface area contributed by atoms with Crippen molar-refractivity contribution in [1.29, 1.82) is 0 Å². The van der Waals surface area contributed by atoms with E-state index < -0.39 is 0 Å². The van der Waals surface area contributed by atoms with Crippen molar-refractivity contribution in [3.8, 4) is 5.75 Å². The zero-order valence-corrected chi connectivity index (χ0v) is 12.3. The van der Waals surface area contributed by atoms with Crippen molar-refractivity contribution in [2.45, 2.75) is 13.0 Å². The molecule has 1 aliphatic heterocycles. The van der Waals surface area contributed by atoms with Gasteiger partial charge in [-0.2, -0.15) is 9.61 Å². The van der Waals surface area contributed by atoms with E-state index in [0.29, 0.717) is 36.7 Å². The van der Waals surface area contributed by atoms with Crippen LogP contribution in [0.25, 0.3) is 11.7 Å². The van der Waals surface area contributed by atoms with Gasteiger partial charge in [-0.25, -0.2) is 14.4 Å². The van der Waals surface area contributed by atoms with Crippen LogP contribution >= 0.6 is 0 Å². The Morgan fingerprint density at radius 1 is 1.39 bits per heavy atom. The lowest BCUT2D eigenvalue weighted by Gasteiger charge is -2.11. The van der Waals surface area contributed by atoms with Crippen LogP contribution in [0.4, 0.5) is 10.3 Å². The van der Waals surface area contributed by atoms with E-state index in [0.717, 1.165) is 16.9 Å². The Hall–Kier alpha value is -2.96. The lowest BCUT2D eigenvalue weighted by molar-refractivity contribution is 0.356. The quantitative estimate of drug-likeness (QED) is 0.802. The number of anilines is 1. The molecule has 0 atom stereocenters. The fraction of sp³-hybridized carbons (Fsp3) is 0.188. The SMILES string of the molecule is C=Cc1cnc(NCc2c(F)ccc3c2CCO3)n2ncnc12. The van der Waals surface area contributed by atoms with Gasteiger partial charge in [-0.15, -0.1) is 0 Å². The largest absolute Gasteiger partial charge is 0.493 e. The van der Waals surface area contributed by atoms with Crippen LogP contribution in [-0.2, 0) is 13.0 Å². The topological polar surface area (TPSA) is 64.3 Å². The summed E-state index contributed by atoms with van der Waals surface area (Å²) in [4.78, 5) is 8.50. The van der Waals surface area contributed by atoms with Gasteiger partial charge in [0.2, 0.25) is 5.95 Å². The van der Waals surface area contributed by atoms with E-state index in [-0.39, 0.29) is 5.82 Å². The molecule has 3 heterocycles. The van der Waals surface area contributed by atoms with Crippen molar-refractivity contribution in [3.05, 3.63) is 53.7 Å². The third kappa shape index (κ3) is 2.21. The van der Waals surface area contributed by atoms with Crippen molar-refractivity contribution >= 4 is 17.7 Å². The summed E-state index contributed by atoms with van der Waals surface area (Å²) in [6.45, 7) is 4.62. The van der Waals surface area contributed by atoms with Crippen LogP contribution in [0.3, 0.4) is 0 Å². The highest BCUT2D eigenvalue weighted by Crippen LogP contribution is 2.30. The summed E-state index contributed by atoms with van der Waals surface area (Å²) < 4.78 is 21.2. The molecule has 7 heteroatoms. The molecule has 0 amide bonds. The van der Waals surface area contributed by atoms with Crippen LogP contribution in [0.15, 0.2) is 31.2 Å². The van der Waals surface area contributed by atoms with Gasteiger partial charge in [-0.05, 0) is 12.1 Å². The van der Waals surface area contributed by atoms with Gasteiger partial charge in [0.25, 0.3) is 0 Å². The van der Waals surface area contributed by atoms with Crippen LogP contribution in [-0.4, -0.2) is 26.2 Å². The summed E-state index contributed by atoms with van der Waals surface area (Å²) >= 11 is 0. The molecular formula is C16H14FN5O. The van der Waals surface area contributed by atoms with Crippen LogP contribution in [0.2, 0.25) is 0 Å². The predicted octanol–water partition coefficient (Wildman–Crippen LogP) is 2.45. The van der Waals surface area contributed by atoms with E-state index in [2.05, 4.69) is 27.0 Å². The molecule has 1 N–H and O–H groups in total. The number of halogens is 1. The van der Waals surface area contributed by atoms with Gasteiger partial charge >= 0.3 is 0 Å². The molecular weight excluding hydrogens is 297 g/mol. The molecule has 0 fully saturated rings. The van der Waals surface area contributed by atoms with Gasteiger partial charge in [-0.3, -0.25) is 0 Å². The first-order chi connectivity index (χ1) is 11.3. The van der Waals surface area contributed by atoms with Crippen molar-refractivity contribution in [2.75, 3.05) is 11.9 Å². The molecule has 0 saturated heterocycles. The van der Waals surface area contributed by atoms with E-state index in [1.54, 1.807) is 22.9 Å². The molecule has 6 nitrogen and oxygen atoms in total. The Balaban J connectivity index is 1.67. The van der Waals surface area contributed by atoms with Gasteiger partial charge in [0, 0.05) is 35.9 Å². The van der Waals surface area contributed by atoms with Crippen LogP contribution in [0.1, 0.15) is 16.7 Å². The second kappa shape index (κ2) is 5.35. The van der Waals surface area contributed by atoms with Gasteiger partial charge in [-0.1, -0.05) is 12.7 Å². The minimum absolute atomic E-state index is 0.251. The Labute approximate surface area is 131 Å². The Kier molecular flexibility index (Phi) is 3.18. The van der Waals surface area contributed by atoms with Crippen molar-refractivity contribution < 1.29 is 9.13 Å². The maximum absolute atomic E-state index is 14.2.